The molecule has 2 aromatic rings. The number of likely N-dealkylation sites (tertiary alicyclic amines) is 1. The number of carboxylic acid groups (broad SMARTS) is 1. The molecule has 6 nitrogen and oxygen atoms in total. The summed E-state index contributed by atoms with van der Waals surface area (Å²) in [4.78, 5) is 29.1. The highest BCUT2D eigenvalue weighted by Crippen LogP contribution is 2.32. The quantitative estimate of drug-likeness (QED) is 0.834. The van der Waals surface area contributed by atoms with Gasteiger partial charge in [0.15, 0.2) is 0 Å². The van der Waals surface area contributed by atoms with Crippen LogP contribution in [0, 0.1) is 0 Å². The molecule has 1 fully saturated rings. The number of carbonyl (C=O) groups excluding carboxylic acids is 1. The molecule has 6 heteroatoms. The number of hydrogen-bond donors (Lipinski definition) is 2. The molecule has 2 N–H and O–H groups in total. The van der Waals surface area contributed by atoms with Crippen LogP contribution in [0.1, 0.15) is 53.0 Å². The van der Waals surface area contributed by atoms with E-state index in [0.717, 1.165) is 36.2 Å². The van der Waals surface area contributed by atoms with E-state index in [1.807, 2.05) is 24.4 Å². The summed E-state index contributed by atoms with van der Waals surface area (Å²) in [5, 5.41) is 11.9. The zero-order valence-electron chi connectivity index (χ0n) is 14.8. The van der Waals surface area contributed by atoms with Crippen molar-refractivity contribution in [3.05, 3.63) is 65.0 Å². The van der Waals surface area contributed by atoms with Crippen LogP contribution in [-0.4, -0.2) is 33.4 Å². The molecule has 1 aliphatic heterocycles. The summed E-state index contributed by atoms with van der Waals surface area (Å²) in [7, 11) is 0. The van der Waals surface area contributed by atoms with E-state index < -0.39 is 5.97 Å². The normalized spacial score (nSPS) is 17.2. The average Bonchev–Trinajstić information content (AvgIpc) is 3.08. The van der Waals surface area contributed by atoms with Gasteiger partial charge in [-0.3, -0.25) is 14.7 Å². The molecule has 1 atom stereocenters. The standard InChI is InChI=1S/C20H23N3O3/c1-14(24)21-11-16-7-8-18(22-12-16)19-6-3-9-23(19)13-15-4-2-5-17(10-15)20(25)26/h2,4-5,7-8,10,12,19H,3,6,9,11,13H2,1H3,(H,21,24)(H,25,26)/t19-/m0/s1. The molecule has 0 bridgehead atoms. The molecule has 0 radical (unpaired) electrons. The Bertz CT molecular complexity index is 789. The van der Waals surface area contributed by atoms with Gasteiger partial charge < -0.3 is 10.4 Å². The first-order chi connectivity index (χ1) is 12.5. The van der Waals surface area contributed by atoms with Crippen molar-refractivity contribution in [3.8, 4) is 0 Å². The Kier molecular flexibility index (Phi) is 5.63. The van der Waals surface area contributed by atoms with Crippen molar-refractivity contribution in [1.82, 2.24) is 15.2 Å². The molecule has 26 heavy (non-hydrogen) atoms. The molecular formula is C20H23N3O3. The van der Waals surface area contributed by atoms with Crippen LogP contribution in [0.5, 0.6) is 0 Å². The van der Waals surface area contributed by atoms with Gasteiger partial charge in [0.1, 0.15) is 0 Å². The van der Waals surface area contributed by atoms with Crippen LogP contribution in [-0.2, 0) is 17.9 Å². The fourth-order valence-electron chi connectivity index (χ4n) is 3.35. The molecule has 1 aromatic heterocycles. The number of hydrogen-bond acceptors (Lipinski definition) is 4. The molecule has 2 heterocycles. The van der Waals surface area contributed by atoms with E-state index in [2.05, 4.69) is 15.2 Å². The summed E-state index contributed by atoms with van der Waals surface area (Å²) in [6.07, 6.45) is 3.95. The van der Waals surface area contributed by atoms with E-state index in [4.69, 9.17) is 5.11 Å². The van der Waals surface area contributed by atoms with Gasteiger partial charge >= 0.3 is 5.97 Å². The summed E-state index contributed by atoms with van der Waals surface area (Å²) in [5.41, 5.74) is 3.31. The van der Waals surface area contributed by atoms with E-state index in [1.165, 1.54) is 6.92 Å². The summed E-state index contributed by atoms with van der Waals surface area (Å²) in [6, 6.07) is 11.4. The third kappa shape index (κ3) is 4.46. The predicted octanol–water partition coefficient (Wildman–Crippen LogP) is 2.75. The van der Waals surface area contributed by atoms with Crippen molar-refractivity contribution in [1.29, 1.82) is 0 Å². The lowest BCUT2D eigenvalue weighted by Crippen LogP contribution is -2.24. The molecular weight excluding hydrogens is 330 g/mol. The maximum atomic E-state index is 11.2. The van der Waals surface area contributed by atoms with Crippen LogP contribution in [0.3, 0.4) is 0 Å². The van der Waals surface area contributed by atoms with E-state index in [0.29, 0.717) is 18.7 Å². The van der Waals surface area contributed by atoms with E-state index in [9.17, 15) is 9.59 Å². The molecule has 0 aliphatic carbocycles. The van der Waals surface area contributed by atoms with Gasteiger partial charge in [0.25, 0.3) is 0 Å². The van der Waals surface area contributed by atoms with Gasteiger partial charge in [-0.25, -0.2) is 4.79 Å². The van der Waals surface area contributed by atoms with Gasteiger partial charge in [-0.2, -0.15) is 0 Å². The van der Waals surface area contributed by atoms with Crippen molar-refractivity contribution >= 4 is 11.9 Å². The zero-order chi connectivity index (χ0) is 18.5. The highest BCUT2D eigenvalue weighted by Gasteiger charge is 2.27. The second-order valence-electron chi connectivity index (χ2n) is 6.64. The second-order valence-corrected chi connectivity index (χ2v) is 6.64. The highest BCUT2D eigenvalue weighted by atomic mass is 16.4. The minimum Gasteiger partial charge on any atom is -0.478 e. The van der Waals surface area contributed by atoms with Crippen LogP contribution in [0.2, 0.25) is 0 Å². The van der Waals surface area contributed by atoms with Crippen LogP contribution in [0.15, 0.2) is 42.6 Å². The smallest absolute Gasteiger partial charge is 0.335 e. The van der Waals surface area contributed by atoms with E-state index >= 15 is 0 Å². The van der Waals surface area contributed by atoms with Gasteiger partial charge in [0.05, 0.1) is 17.3 Å². The molecule has 3 rings (SSSR count). The summed E-state index contributed by atoms with van der Waals surface area (Å²) >= 11 is 0. The lowest BCUT2D eigenvalue weighted by Gasteiger charge is -2.24. The Morgan fingerprint density at radius 2 is 2.12 bits per heavy atom. The average molecular weight is 353 g/mol. The Labute approximate surface area is 152 Å². The molecule has 136 valence electrons. The Morgan fingerprint density at radius 1 is 1.27 bits per heavy atom. The first kappa shape index (κ1) is 18.1. The second kappa shape index (κ2) is 8.10. The van der Waals surface area contributed by atoms with Gasteiger partial charge in [0, 0.05) is 26.2 Å². The Balaban J connectivity index is 1.69. The number of aromatic nitrogens is 1. The minimum absolute atomic E-state index is 0.0559. The van der Waals surface area contributed by atoms with E-state index in [-0.39, 0.29) is 11.9 Å². The summed E-state index contributed by atoms with van der Waals surface area (Å²) < 4.78 is 0. The van der Waals surface area contributed by atoms with Crippen molar-refractivity contribution in [2.24, 2.45) is 0 Å². The number of amides is 1. The van der Waals surface area contributed by atoms with Crippen LogP contribution < -0.4 is 5.32 Å². The fraction of sp³-hybridized carbons (Fsp3) is 0.350. The lowest BCUT2D eigenvalue weighted by atomic mass is 10.1. The molecule has 1 saturated heterocycles. The zero-order valence-corrected chi connectivity index (χ0v) is 14.8. The van der Waals surface area contributed by atoms with Crippen LogP contribution in [0.25, 0.3) is 0 Å². The number of nitrogens with zero attached hydrogens (tertiary/aromatic N) is 2. The van der Waals surface area contributed by atoms with Crippen molar-refractivity contribution in [2.45, 2.75) is 38.9 Å². The van der Waals surface area contributed by atoms with Crippen molar-refractivity contribution in [2.75, 3.05) is 6.54 Å². The maximum Gasteiger partial charge on any atom is 0.335 e. The number of carboxylic acids is 1. The molecule has 1 amide bonds. The fourth-order valence-corrected chi connectivity index (χ4v) is 3.35. The number of nitrogens with one attached hydrogen (secondary N) is 1. The topological polar surface area (TPSA) is 82.5 Å². The molecule has 1 aliphatic rings. The summed E-state index contributed by atoms with van der Waals surface area (Å²) in [6.45, 7) is 3.66. The number of benzene rings is 1. The number of pyridine rings is 1. The van der Waals surface area contributed by atoms with Crippen LogP contribution in [0.4, 0.5) is 0 Å². The Hall–Kier alpha value is -2.73. The monoisotopic (exact) mass is 353 g/mol. The minimum atomic E-state index is -0.902. The van der Waals surface area contributed by atoms with Crippen molar-refractivity contribution in [3.63, 3.8) is 0 Å². The predicted molar refractivity (Wildman–Crippen MR) is 97.5 cm³/mol. The lowest BCUT2D eigenvalue weighted by molar-refractivity contribution is -0.119. The van der Waals surface area contributed by atoms with Gasteiger partial charge in [0.2, 0.25) is 5.91 Å². The number of rotatable bonds is 6. The Morgan fingerprint density at radius 3 is 2.81 bits per heavy atom. The third-order valence-electron chi connectivity index (χ3n) is 4.65. The number of carbonyl (C=O) groups is 2. The van der Waals surface area contributed by atoms with Crippen molar-refractivity contribution < 1.29 is 14.7 Å². The van der Waals surface area contributed by atoms with Gasteiger partial charge in [-0.05, 0) is 48.7 Å². The maximum absolute atomic E-state index is 11.2. The SMILES string of the molecule is CC(=O)NCc1ccc([C@@H]2CCCN2Cc2cccc(C(=O)O)c2)nc1. The molecule has 1 aromatic carbocycles. The first-order valence-electron chi connectivity index (χ1n) is 8.78. The first-order valence-corrected chi connectivity index (χ1v) is 8.78. The van der Waals surface area contributed by atoms with E-state index in [1.54, 1.807) is 18.2 Å². The highest BCUT2D eigenvalue weighted by molar-refractivity contribution is 5.87. The largest absolute Gasteiger partial charge is 0.478 e. The molecule has 0 unspecified atom stereocenters. The van der Waals surface area contributed by atoms with Crippen LogP contribution >= 0.6 is 0 Å². The third-order valence-corrected chi connectivity index (χ3v) is 4.65. The number of aromatic carboxylic acids is 1. The molecule has 0 spiro atoms. The van der Waals surface area contributed by atoms with Gasteiger partial charge in [-0.1, -0.05) is 18.2 Å². The van der Waals surface area contributed by atoms with Gasteiger partial charge in [-0.15, -0.1) is 0 Å². The molecule has 0 saturated carbocycles. The summed E-state index contributed by atoms with van der Waals surface area (Å²) in [5.74, 6) is -0.958.